The van der Waals surface area contributed by atoms with Crippen molar-refractivity contribution in [1.82, 2.24) is 16.0 Å². The number of hydrogen-bond donors (Lipinski definition) is 3. The van der Waals surface area contributed by atoms with Crippen molar-refractivity contribution in [2.24, 2.45) is 5.92 Å². The van der Waals surface area contributed by atoms with E-state index in [0.29, 0.717) is 12.8 Å². The van der Waals surface area contributed by atoms with E-state index in [1.165, 1.54) is 26.3 Å². The first-order valence-corrected chi connectivity index (χ1v) is 11.7. The molecule has 0 fully saturated rings. The van der Waals surface area contributed by atoms with Gasteiger partial charge in [-0.2, -0.15) is 0 Å². The zero-order valence-electron chi connectivity index (χ0n) is 20.1. The molecule has 2 atom stereocenters. The van der Waals surface area contributed by atoms with Gasteiger partial charge in [-0.3, -0.25) is 14.4 Å². The van der Waals surface area contributed by atoms with Gasteiger partial charge in [-0.1, -0.05) is 52.9 Å². The number of esters is 1. The van der Waals surface area contributed by atoms with Gasteiger partial charge in [0.1, 0.15) is 12.1 Å². The number of unbranched alkanes of at least 4 members (excludes halogenated alkanes) is 5. The molecule has 0 bridgehead atoms. The van der Waals surface area contributed by atoms with Crippen LogP contribution in [0.25, 0.3) is 0 Å². The van der Waals surface area contributed by atoms with Crippen LogP contribution < -0.4 is 16.0 Å². The largest absolute Gasteiger partial charge is 0.464 e. The molecule has 8 nitrogen and oxygen atoms in total. The van der Waals surface area contributed by atoms with Gasteiger partial charge in [0, 0.05) is 19.9 Å². The smallest absolute Gasteiger partial charge is 0.328 e. The molecule has 3 amide bonds. The summed E-state index contributed by atoms with van der Waals surface area (Å²) in [6.07, 6.45) is 7.54. The lowest BCUT2D eigenvalue weighted by Gasteiger charge is -2.23. The molecule has 0 saturated carbocycles. The highest BCUT2D eigenvalue weighted by Gasteiger charge is 2.28. The average Bonchev–Trinajstić information content (AvgIpc) is 2.72. The predicted molar refractivity (Wildman–Crippen MR) is 121 cm³/mol. The van der Waals surface area contributed by atoms with E-state index in [9.17, 15) is 19.2 Å². The summed E-state index contributed by atoms with van der Waals surface area (Å²) in [5.74, 6) is -1.22. The Hall–Kier alpha value is -2.12. The minimum absolute atomic E-state index is 0.0828. The third-order valence-corrected chi connectivity index (χ3v) is 4.94. The molecule has 180 valence electrons. The molecule has 0 aliphatic heterocycles. The fourth-order valence-corrected chi connectivity index (χ4v) is 3.20. The molecule has 0 aromatic carbocycles. The SMILES string of the molecule is CCCCCCCCC(=O)N[C@@H](CC(C)C)C(=O)N[C@@H](CCC(=O)NC)C(=O)OCC. The number of ether oxygens (including phenoxy) is 1. The molecule has 0 spiro atoms. The second-order valence-corrected chi connectivity index (χ2v) is 8.29. The third kappa shape index (κ3) is 14.5. The maximum absolute atomic E-state index is 12.9. The Morgan fingerprint density at radius 3 is 2.03 bits per heavy atom. The van der Waals surface area contributed by atoms with Crippen molar-refractivity contribution in [3.8, 4) is 0 Å². The van der Waals surface area contributed by atoms with Gasteiger partial charge in [0.25, 0.3) is 0 Å². The lowest BCUT2D eigenvalue weighted by molar-refractivity contribution is -0.148. The van der Waals surface area contributed by atoms with Crippen molar-refractivity contribution in [3.63, 3.8) is 0 Å². The van der Waals surface area contributed by atoms with Gasteiger partial charge < -0.3 is 20.7 Å². The Morgan fingerprint density at radius 2 is 1.45 bits per heavy atom. The normalized spacial score (nSPS) is 12.7. The van der Waals surface area contributed by atoms with Crippen LogP contribution in [0.4, 0.5) is 0 Å². The molecular formula is C23H43N3O5. The summed E-state index contributed by atoms with van der Waals surface area (Å²) in [6.45, 7) is 7.96. The Kier molecular flexibility index (Phi) is 16.3. The van der Waals surface area contributed by atoms with Gasteiger partial charge in [-0.05, 0) is 32.1 Å². The second kappa shape index (κ2) is 17.5. The molecule has 0 aliphatic carbocycles. The highest BCUT2D eigenvalue weighted by atomic mass is 16.5. The van der Waals surface area contributed by atoms with Crippen molar-refractivity contribution in [2.75, 3.05) is 13.7 Å². The van der Waals surface area contributed by atoms with E-state index in [1.807, 2.05) is 13.8 Å². The number of rotatable bonds is 17. The van der Waals surface area contributed by atoms with Crippen molar-refractivity contribution in [1.29, 1.82) is 0 Å². The number of carbonyl (C=O) groups is 4. The topological polar surface area (TPSA) is 114 Å². The Labute approximate surface area is 187 Å². The van der Waals surface area contributed by atoms with Gasteiger partial charge in [0.15, 0.2) is 0 Å². The molecule has 31 heavy (non-hydrogen) atoms. The highest BCUT2D eigenvalue weighted by Crippen LogP contribution is 2.10. The monoisotopic (exact) mass is 441 g/mol. The Balaban J connectivity index is 4.87. The summed E-state index contributed by atoms with van der Waals surface area (Å²) in [4.78, 5) is 49.0. The number of carbonyl (C=O) groups excluding carboxylic acids is 4. The Bertz CT molecular complexity index is 551. The highest BCUT2D eigenvalue weighted by molar-refractivity contribution is 5.91. The summed E-state index contributed by atoms with van der Waals surface area (Å²) >= 11 is 0. The van der Waals surface area contributed by atoms with Crippen LogP contribution in [-0.4, -0.2) is 49.4 Å². The van der Waals surface area contributed by atoms with E-state index in [-0.39, 0.29) is 37.2 Å². The van der Waals surface area contributed by atoms with E-state index in [4.69, 9.17) is 4.74 Å². The molecule has 0 saturated heterocycles. The van der Waals surface area contributed by atoms with Crippen LogP contribution in [0, 0.1) is 5.92 Å². The van der Waals surface area contributed by atoms with E-state index in [1.54, 1.807) is 6.92 Å². The van der Waals surface area contributed by atoms with Gasteiger partial charge >= 0.3 is 5.97 Å². The second-order valence-electron chi connectivity index (χ2n) is 8.29. The van der Waals surface area contributed by atoms with Gasteiger partial charge in [0.2, 0.25) is 17.7 Å². The fourth-order valence-electron chi connectivity index (χ4n) is 3.20. The molecule has 3 N–H and O–H groups in total. The maximum Gasteiger partial charge on any atom is 0.328 e. The van der Waals surface area contributed by atoms with Crippen LogP contribution in [0.2, 0.25) is 0 Å². The fraction of sp³-hybridized carbons (Fsp3) is 0.826. The number of nitrogens with one attached hydrogen (secondary N) is 3. The summed E-state index contributed by atoms with van der Waals surface area (Å²) in [6, 6.07) is -1.67. The molecule has 0 rings (SSSR count). The van der Waals surface area contributed by atoms with Crippen molar-refractivity contribution < 1.29 is 23.9 Å². The molecule has 8 heteroatoms. The summed E-state index contributed by atoms with van der Waals surface area (Å²) in [5, 5.41) is 7.99. The van der Waals surface area contributed by atoms with E-state index < -0.39 is 24.0 Å². The first kappa shape index (κ1) is 28.9. The molecule has 0 aromatic heterocycles. The van der Waals surface area contributed by atoms with E-state index >= 15 is 0 Å². The molecule has 0 aromatic rings. The van der Waals surface area contributed by atoms with Crippen LogP contribution in [0.15, 0.2) is 0 Å². The zero-order chi connectivity index (χ0) is 23.6. The lowest BCUT2D eigenvalue weighted by atomic mass is 10.0. The van der Waals surface area contributed by atoms with Crippen LogP contribution in [0.3, 0.4) is 0 Å². The van der Waals surface area contributed by atoms with Crippen molar-refractivity contribution >= 4 is 23.7 Å². The van der Waals surface area contributed by atoms with Crippen LogP contribution in [-0.2, 0) is 23.9 Å². The summed E-state index contributed by atoms with van der Waals surface area (Å²) in [5.41, 5.74) is 0. The van der Waals surface area contributed by atoms with Gasteiger partial charge in [0.05, 0.1) is 6.61 Å². The molecule has 0 aliphatic rings. The lowest BCUT2D eigenvalue weighted by Crippen LogP contribution is -2.52. The first-order valence-electron chi connectivity index (χ1n) is 11.7. The summed E-state index contributed by atoms with van der Waals surface area (Å²) in [7, 11) is 1.51. The minimum Gasteiger partial charge on any atom is -0.464 e. The van der Waals surface area contributed by atoms with Crippen molar-refractivity contribution in [2.45, 2.75) is 104 Å². The van der Waals surface area contributed by atoms with E-state index in [0.717, 1.165) is 19.3 Å². The standard InChI is InChI=1S/C23H43N3O5/c1-6-8-9-10-11-12-13-21(28)25-19(16-17(3)4)22(29)26-18(23(30)31-7-2)14-15-20(27)24-5/h17-19H,6-16H2,1-5H3,(H,24,27)(H,25,28)(H,26,29)/t18-,19-/m0/s1. The average molecular weight is 442 g/mol. The zero-order valence-corrected chi connectivity index (χ0v) is 20.1. The Morgan fingerprint density at radius 1 is 0.806 bits per heavy atom. The van der Waals surface area contributed by atoms with Crippen LogP contribution in [0.1, 0.15) is 91.9 Å². The van der Waals surface area contributed by atoms with Crippen LogP contribution >= 0.6 is 0 Å². The molecule has 0 heterocycles. The quantitative estimate of drug-likeness (QED) is 0.237. The van der Waals surface area contributed by atoms with Crippen molar-refractivity contribution in [3.05, 3.63) is 0 Å². The third-order valence-electron chi connectivity index (χ3n) is 4.94. The maximum atomic E-state index is 12.9. The molecular weight excluding hydrogens is 398 g/mol. The van der Waals surface area contributed by atoms with Gasteiger partial charge in [-0.25, -0.2) is 4.79 Å². The number of hydrogen-bond acceptors (Lipinski definition) is 5. The molecule has 0 unspecified atom stereocenters. The minimum atomic E-state index is -0.935. The molecule has 0 radical (unpaired) electrons. The van der Waals surface area contributed by atoms with Crippen LogP contribution in [0.5, 0.6) is 0 Å². The summed E-state index contributed by atoms with van der Waals surface area (Å²) < 4.78 is 5.03. The first-order chi connectivity index (χ1) is 14.7. The number of amides is 3. The van der Waals surface area contributed by atoms with E-state index in [2.05, 4.69) is 22.9 Å². The predicted octanol–water partition coefficient (Wildman–Crippen LogP) is 2.84. The van der Waals surface area contributed by atoms with Gasteiger partial charge in [-0.15, -0.1) is 0 Å².